The molecule has 1 fully saturated rings. The lowest BCUT2D eigenvalue weighted by Crippen LogP contribution is -2.34. The van der Waals surface area contributed by atoms with E-state index in [1.54, 1.807) is 4.90 Å². The number of benzene rings is 2. The lowest BCUT2D eigenvalue weighted by Gasteiger charge is -2.22. The zero-order chi connectivity index (χ0) is 21.8. The second-order valence-electron chi connectivity index (χ2n) is 7.25. The van der Waals surface area contributed by atoms with Crippen LogP contribution in [-0.2, 0) is 4.79 Å². The SMILES string of the molecule is Cc1ccc(NC(=O)c2nnc([C@H]3CCCN3C(=O)COc3ccc(F)cc3)s2)cc1. The van der Waals surface area contributed by atoms with Crippen LogP contribution in [0.3, 0.4) is 0 Å². The first kappa shape index (κ1) is 20.9. The highest BCUT2D eigenvalue weighted by Crippen LogP contribution is 2.34. The Bertz CT molecular complexity index is 1070. The minimum absolute atomic E-state index is 0.151. The third-order valence-corrected chi connectivity index (χ3v) is 6.00. The molecule has 1 saturated heterocycles. The first-order valence-corrected chi connectivity index (χ1v) is 10.7. The number of hydrogen-bond donors (Lipinski definition) is 1. The van der Waals surface area contributed by atoms with E-state index in [1.165, 1.54) is 35.6 Å². The summed E-state index contributed by atoms with van der Waals surface area (Å²) >= 11 is 1.19. The van der Waals surface area contributed by atoms with E-state index in [2.05, 4.69) is 15.5 Å². The molecule has 1 N–H and O–H groups in total. The molecule has 31 heavy (non-hydrogen) atoms. The summed E-state index contributed by atoms with van der Waals surface area (Å²) < 4.78 is 18.5. The van der Waals surface area contributed by atoms with Gasteiger partial charge in [0.25, 0.3) is 11.8 Å². The normalized spacial score (nSPS) is 15.7. The van der Waals surface area contributed by atoms with Crippen LogP contribution in [0.4, 0.5) is 10.1 Å². The minimum Gasteiger partial charge on any atom is -0.484 e. The largest absolute Gasteiger partial charge is 0.484 e. The molecule has 4 rings (SSSR count). The van der Waals surface area contributed by atoms with Crippen molar-refractivity contribution in [1.29, 1.82) is 0 Å². The number of carbonyl (C=O) groups is 2. The Balaban J connectivity index is 1.38. The van der Waals surface area contributed by atoms with Gasteiger partial charge in [-0.15, -0.1) is 10.2 Å². The number of anilines is 1. The van der Waals surface area contributed by atoms with Crippen LogP contribution in [0, 0.1) is 12.7 Å². The summed E-state index contributed by atoms with van der Waals surface area (Å²) in [6.07, 6.45) is 1.58. The van der Waals surface area contributed by atoms with Gasteiger partial charge in [-0.1, -0.05) is 29.0 Å². The second-order valence-corrected chi connectivity index (χ2v) is 8.26. The number of likely N-dealkylation sites (tertiary alicyclic amines) is 1. The third kappa shape index (κ3) is 5.05. The monoisotopic (exact) mass is 440 g/mol. The van der Waals surface area contributed by atoms with Crippen LogP contribution in [0.15, 0.2) is 48.5 Å². The molecule has 1 aliphatic heterocycles. The summed E-state index contributed by atoms with van der Waals surface area (Å²) in [6, 6.07) is 12.8. The summed E-state index contributed by atoms with van der Waals surface area (Å²) in [6.45, 7) is 2.41. The number of rotatable bonds is 6. The van der Waals surface area contributed by atoms with Gasteiger partial charge in [-0.2, -0.15) is 0 Å². The zero-order valence-electron chi connectivity index (χ0n) is 16.9. The molecule has 160 valence electrons. The highest BCUT2D eigenvalue weighted by atomic mass is 32.1. The predicted octanol–water partition coefficient (Wildman–Crippen LogP) is 3.98. The zero-order valence-corrected chi connectivity index (χ0v) is 17.7. The number of amides is 2. The minimum atomic E-state index is -0.364. The van der Waals surface area contributed by atoms with Crippen molar-refractivity contribution in [3.63, 3.8) is 0 Å². The van der Waals surface area contributed by atoms with Crippen molar-refractivity contribution in [2.45, 2.75) is 25.8 Å². The van der Waals surface area contributed by atoms with E-state index >= 15 is 0 Å². The molecule has 0 bridgehead atoms. The van der Waals surface area contributed by atoms with Crippen molar-refractivity contribution in [2.24, 2.45) is 0 Å². The Morgan fingerprint density at radius 1 is 1.16 bits per heavy atom. The molecule has 7 nitrogen and oxygen atoms in total. The number of aromatic nitrogens is 2. The second kappa shape index (κ2) is 9.22. The van der Waals surface area contributed by atoms with Crippen LogP contribution < -0.4 is 10.1 Å². The molecule has 0 saturated carbocycles. The van der Waals surface area contributed by atoms with Crippen LogP contribution in [0.25, 0.3) is 0 Å². The summed E-state index contributed by atoms with van der Waals surface area (Å²) in [5.41, 5.74) is 1.79. The van der Waals surface area contributed by atoms with Crippen molar-refractivity contribution in [3.05, 3.63) is 69.9 Å². The van der Waals surface area contributed by atoms with Crippen molar-refractivity contribution >= 4 is 28.8 Å². The smallest absolute Gasteiger partial charge is 0.286 e. The molecule has 1 aliphatic rings. The number of nitrogens with one attached hydrogen (secondary N) is 1. The molecular weight excluding hydrogens is 419 g/mol. The van der Waals surface area contributed by atoms with Crippen LogP contribution in [0.5, 0.6) is 5.75 Å². The molecular formula is C22H21FN4O3S. The summed E-state index contributed by atoms with van der Waals surface area (Å²) in [5.74, 6) is -0.455. The van der Waals surface area contributed by atoms with E-state index in [0.29, 0.717) is 23.0 Å². The molecule has 0 unspecified atom stereocenters. The molecule has 2 heterocycles. The van der Waals surface area contributed by atoms with Crippen LogP contribution in [-0.4, -0.2) is 40.1 Å². The number of ether oxygens (including phenoxy) is 1. The maximum Gasteiger partial charge on any atom is 0.286 e. The van der Waals surface area contributed by atoms with Gasteiger partial charge in [-0.25, -0.2) is 4.39 Å². The number of hydrogen-bond acceptors (Lipinski definition) is 6. The van der Waals surface area contributed by atoms with Gasteiger partial charge in [0.15, 0.2) is 6.61 Å². The quantitative estimate of drug-likeness (QED) is 0.627. The van der Waals surface area contributed by atoms with E-state index < -0.39 is 0 Å². The van der Waals surface area contributed by atoms with E-state index in [9.17, 15) is 14.0 Å². The van der Waals surface area contributed by atoms with E-state index in [4.69, 9.17) is 4.74 Å². The molecule has 2 amide bonds. The lowest BCUT2D eigenvalue weighted by atomic mass is 10.2. The van der Waals surface area contributed by atoms with Crippen molar-refractivity contribution in [1.82, 2.24) is 15.1 Å². The van der Waals surface area contributed by atoms with E-state index in [1.807, 2.05) is 31.2 Å². The van der Waals surface area contributed by atoms with Gasteiger partial charge >= 0.3 is 0 Å². The van der Waals surface area contributed by atoms with Crippen LogP contribution >= 0.6 is 11.3 Å². The molecule has 1 aromatic heterocycles. The summed E-state index contributed by atoms with van der Waals surface area (Å²) in [5, 5.41) is 11.9. The highest BCUT2D eigenvalue weighted by Gasteiger charge is 2.33. The molecule has 9 heteroatoms. The van der Waals surface area contributed by atoms with Crippen molar-refractivity contribution < 1.29 is 18.7 Å². The Morgan fingerprint density at radius 3 is 2.65 bits per heavy atom. The van der Waals surface area contributed by atoms with Gasteiger partial charge in [0, 0.05) is 12.2 Å². The average molecular weight is 441 g/mol. The van der Waals surface area contributed by atoms with E-state index in [0.717, 1.165) is 18.4 Å². The molecule has 0 radical (unpaired) electrons. The molecule has 0 aliphatic carbocycles. The average Bonchev–Trinajstić information content (AvgIpc) is 3.44. The number of nitrogens with zero attached hydrogens (tertiary/aromatic N) is 3. The molecule has 2 aromatic carbocycles. The number of halogens is 1. The summed E-state index contributed by atoms with van der Waals surface area (Å²) in [4.78, 5) is 26.9. The topological polar surface area (TPSA) is 84.4 Å². The third-order valence-electron chi connectivity index (χ3n) is 4.98. The Kier molecular flexibility index (Phi) is 6.22. The first-order chi connectivity index (χ1) is 15.0. The fourth-order valence-corrected chi connectivity index (χ4v) is 4.25. The fraction of sp³-hybridized carbons (Fsp3) is 0.273. The predicted molar refractivity (Wildman–Crippen MR) is 115 cm³/mol. The van der Waals surface area contributed by atoms with Crippen molar-refractivity contribution in [2.75, 3.05) is 18.5 Å². The van der Waals surface area contributed by atoms with Crippen molar-refractivity contribution in [3.8, 4) is 5.75 Å². The first-order valence-electron chi connectivity index (χ1n) is 9.89. The summed E-state index contributed by atoms with van der Waals surface area (Å²) in [7, 11) is 0. The van der Waals surface area contributed by atoms with Gasteiger partial charge < -0.3 is 15.0 Å². The Labute approximate surface area is 182 Å². The van der Waals surface area contributed by atoms with Gasteiger partial charge in [0.05, 0.1) is 6.04 Å². The number of aryl methyl sites for hydroxylation is 1. The van der Waals surface area contributed by atoms with Gasteiger partial charge in [-0.05, 0) is 56.2 Å². The van der Waals surface area contributed by atoms with Gasteiger partial charge in [-0.3, -0.25) is 9.59 Å². The fourth-order valence-electron chi connectivity index (χ4n) is 3.36. The Hall–Kier alpha value is -3.33. The lowest BCUT2D eigenvalue weighted by molar-refractivity contribution is -0.134. The Morgan fingerprint density at radius 2 is 1.90 bits per heavy atom. The van der Waals surface area contributed by atoms with Crippen LogP contribution in [0.1, 0.15) is 39.3 Å². The standard InChI is InChI=1S/C22H21FN4O3S/c1-14-4-8-16(9-5-14)24-20(29)22-26-25-21(31-22)18-3-2-12-27(18)19(28)13-30-17-10-6-15(23)7-11-17/h4-11,18H,2-3,12-13H2,1H3,(H,24,29)/t18-/m1/s1. The number of carbonyl (C=O) groups excluding carboxylic acids is 2. The molecule has 1 atom stereocenters. The van der Waals surface area contributed by atoms with Gasteiger partial charge in [0.1, 0.15) is 16.6 Å². The highest BCUT2D eigenvalue weighted by molar-refractivity contribution is 7.13. The maximum absolute atomic E-state index is 13.0. The molecule has 0 spiro atoms. The van der Waals surface area contributed by atoms with Gasteiger partial charge in [0.2, 0.25) is 5.01 Å². The van der Waals surface area contributed by atoms with E-state index in [-0.39, 0.29) is 35.3 Å². The van der Waals surface area contributed by atoms with Crippen LogP contribution in [0.2, 0.25) is 0 Å². The molecule has 3 aromatic rings. The maximum atomic E-state index is 13.0.